The van der Waals surface area contributed by atoms with E-state index in [-0.39, 0.29) is 129 Å². The molecule has 2 unspecified atom stereocenters. The molecule has 10 N–H and O–H groups in total. The molecule has 76 heavy (non-hydrogen) atoms. The van der Waals surface area contributed by atoms with Crippen LogP contribution in [0, 0.1) is 0 Å². The maximum Gasteiger partial charge on any atom is 0.326 e. The zero-order valence-electron chi connectivity index (χ0n) is 42.1. The molecule has 3 atom stereocenters. The molecular weight excluding hydrogens is 995 g/mol. The van der Waals surface area contributed by atoms with Crippen molar-refractivity contribution in [1.82, 2.24) is 45.8 Å². The lowest BCUT2D eigenvalue weighted by Gasteiger charge is -2.34. The number of benzene rings is 3. The van der Waals surface area contributed by atoms with E-state index in [4.69, 9.17) is 5.11 Å². The van der Waals surface area contributed by atoms with Crippen molar-refractivity contribution >= 4 is 70.3 Å². The van der Waals surface area contributed by atoms with Crippen LogP contribution in [-0.4, -0.2) is 224 Å². The summed E-state index contributed by atoms with van der Waals surface area (Å²) in [4.78, 5) is 132. The summed E-state index contributed by atoms with van der Waals surface area (Å²) in [5.74, 6) is -8.68. The fraction of sp³-hybridized carbons (Fsp3) is 0.490. The van der Waals surface area contributed by atoms with Crippen molar-refractivity contribution in [1.29, 1.82) is 0 Å². The van der Waals surface area contributed by atoms with Crippen LogP contribution in [0.25, 0.3) is 10.8 Å². The number of carboxylic acids is 6. The average molecular weight is 1060 g/mol. The molecule has 0 saturated carbocycles. The Balaban J connectivity index is 1.23. The van der Waals surface area contributed by atoms with Gasteiger partial charge < -0.3 is 56.8 Å². The van der Waals surface area contributed by atoms with Crippen LogP contribution in [0.4, 0.5) is 4.79 Å². The number of hydrogen-bond donors (Lipinski definition) is 10. The third kappa shape index (κ3) is 19.8. The third-order valence-electron chi connectivity index (χ3n) is 13.1. The number of nitrogens with zero attached hydrogens (tertiary/aromatic N) is 5. The predicted octanol–water partition coefficient (Wildman–Crippen LogP) is -0.102. The first-order valence-electron chi connectivity index (χ1n) is 25.0. The number of rotatable bonds is 25. The Morgan fingerprint density at radius 2 is 1.05 bits per heavy atom. The first-order valence-corrected chi connectivity index (χ1v) is 25.0. The van der Waals surface area contributed by atoms with Crippen LogP contribution in [0.15, 0.2) is 60.7 Å². The second kappa shape index (κ2) is 29.4. The van der Waals surface area contributed by atoms with Gasteiger partial charge in [-0.1, -0.05) is 48.5 Å². The highest BCUT2D eigenvalue weighted by Crippen LogP contribution is 2.22. The van der Waals surface area contributed by atoms with E-state index in [1.807, 2.05) is 47.4 Å². The molecule has 412 valence electrons. The number of aliphatic carboxylic acids is 6. The van der Waals surface area contributed by atoms with Crippen molar-refractivity contribution in [3.8, 4) is 0 Å². The number of carbonyl (C=O) groups excluding carboxylic acids is 4. The van der Waals surface area contributed by atoms with Gasteiger partial charge in [-0.05, 0) is 71.7 Å². The Hall–Kier alpha value is -7.74. The number of carboxylic acid groups (broad SMARTS) is 6. The topological polar surface area (TPSA) is 356 Å². The summed E-state index contributed by atoms with van der Waals surface area (Å²) in [5, 5.41) is 68.5. The molecular formula is C51H67N9O16. The molecule has 5 amide bonds. The maximum absolute atomic E-state index is 14.1. The Bertz CT molecular complexity index is 2550. The van der Waals surface area contributed by atoms with Crippen molar-refractivity contribution in [3.63, 3.8) is 0 Å². The molecule has 2 aliphatic rings. The maximum atomic E-state index is 14.1. The fourth-order valence-electron chi connectivity index (χ4n) is 8.99. The smallest absolute Gasteiger partial charge is 0.326 e. The highest BCUT2D eigenvalue weighted by Gasteiger charge is 2.29. The lowest BCUT2D eigenvalue weighted by atomic mass is 9.96. The summed E-state index contributed by atoms with van der Waals surface area (Å²) in [5.41, 5.74) is 2.63. The fourth-order valence-corrected chi connectivity index (χ4v) is 8.99. The molecule has 25 heteroatoms. The van der Waals surface area contributed by atoms with E-state index in [0.29, 0.717) is 18.5 Å². The van der Waals surface area contributed by atoms with Gasteiger partial charge in [-0.2, -0.15) is 0 Å². The zero-order chi connectivity index (χ0) is 55.3. The highest BCUT2D eigenvalue weighted by atomic mass is 16.4. The van der Waals surface area contributed by atoms with Gasteiger partial charge in [0.15, 0.2) is 0 Å². The lowest BCUT2D eigenvalue weighted by Crippen LogP contribution is -2.51. The van der Waals surface area contributed by atoms with Crippen LogP contribution in [0.5, 0.6) is 0 Å². The summed E-state index contributed by atoms with van der Waals surface area (Å²) >= 11 is 0. The monoisotopic (exact) mass is 1060 g/mol. The van der Waals surface area contributed by atoms with Gasteiger partial charge >= 0.3 is 41.8 Å². The van der Waals surface area contributed by atoms with Gasteiger partial charge in [-0.15, -0.1) is 0 Å². The van der Waals surface area contributed by atoms with E-state index in [1.54, 1.807) is 37.8 Å². The molecule has 25 nitrogen and oxygen atoms in total. The average Bonchev–Trinajstić information content (AvgIpc) is 3.36. The van der Waals surface area contributed by atoms with Crippen LogP contribution in [0.3, 0.4) is 0 Å². The number of hydrogen-bond acceptors (Lipinski definition) is 14. The van der Waals surface area contributed by atoms with Gasteiger partial charge in [0.05, 0.1) is 26.2 Å². The Kier molecular flexibility index (Phi) is 22.9. The van der Waals surface area contributed by atoms with Crippen molar-refractivity contribution in [2.45, 2.75) is 69.6 Å². The number of carbonyl (C=O) groups is 10. The molecule has 1 fully saturated rings. The van der Waals surface area contributed by atoms with Crippen molar-refractivity contribution in [2.75, 3.05) is 91.6 Å². The van der Waals surface area contributed by atoms with E-state index in [2.05, 4.69) is 21.3 Å². The van der Waals surface area contributed by atoms with Crippen LogP contribution in [0.2, 0.25) is 0 Å². The summed E-state index contributed by atoms with van der Waals surface area (Å²) in [7, 11) is 0. The molecule has 1 saturated heterocycles. The number of unbranched alkanes of at least 4 members (excludes halogenated alkanes) is 1. The molecule has 0 spiro atoms. The van der Waals surface area contributed by atoms with Gasteiger partial charge in [0, 0.05) is 90.4 Å². The summed E-state index contributed by atoms with van der Waals surface area (Å²) in [6.07, 6.45) is -0.0244. The molecule has 0 aromatic heterocycles. The van der Waals surface area contributed by atoms with E-state index < -0.39 is 84.6 Å². The molecule has 3 aromatic rings. The van der Waals surface area contributed by atoms with Gasteiger partial charge in [0.25, 0.3) is 5.91 Å². The van der Waals surface area contributed by atoms with E-state index in [1.165, 1.54) is 0 Å². The number of fused-ring (bicyclic) bond motifs is 2. The second-order valence-electron chi connectivity index (χ2n) is 18.9. The first-order chi connectivity index (χ1) is 36.2. The van der Waals surface area contributed by atoms with Gasteiger partial charge in [0.2, 0.25) is 11.8 Å². The van der Waals surface area contributed by atoms with Gasteiger partial charge in [-0.3, -0.25) is 53.2 Å². The molecule has 2 heterocycles. The van der Waals surface area contributed by atoms with Crippen molar-refractivity contribution in [3.05, 3.63) is 82.9 Å². The van der Waals surface area contributed by atoms with Crippen molar-refractivity contribution in [2.24, 2.45) is 0 Å². The normalized spacial score (nSPS) is 16.3. The quantitative estimate of drug-likeness (QED) is 0.0495. The molecule has 3 aromatic carbocycles. The number of nitrogens with one attached hydrogen (secondary N) is 4. The van der Waals surface area contributed by atoms with E-state index in [0.717, 1.165) is 21.9 Å². The number of urea groups is 1. The molecule has 0 aliphatic carbocycles. The Labute approximate surface area is 437 Å². The lowest BCUT2D eigenvalue weighted by molar-refractivity contribution is -0.141. The zero-order valence-corrected chi connectivity index (χ0v) is 42.1. The standard InChI is InChI=1S/C51H67N9O16/c61-42(29-56-17-19-57(30-44(64)65)21-23-59(32-46(68)69)24-22-58(20-18-56)31-45(66)67)60-16-14-35-10-11-37(27-38(35)28-60)47(70)53-41(26-33-8-9-34-5-1-2-6-36(34)25-33)48(71)52-15-4-3-7-39(49(72)73)54-51(76)55-40(50(74)75)12-13-43(62)63/h1-2,5-6,8-11,25,27,39-41H,3-4,7,12-24,26,28-32H2,(H,52,71)(H,53,70)(H,62,63)(H,64,65)(H,66,67)(H,68,69)(H,72,73)(H,74,75)(H2,54,55,76)/t39?,40?,41-/m0/s1. The highest BCUT2D eigenvalue weighted by molar-refractivity contribution is 5.98. The van der Waals surface area contributed by atoms with Gasteiger partial charge in [0.1, 0.15) is 18.1 Å². The predicted molar refractivity (Wildman–Crippen MR) is 271 cm³/mol. The van der Waals surface area contributed by atoms with Gasteiger partial charge in [-0.25, -0.2) is 14.4 Å². The number of amides is 5. The SMILES string of the molecule is O=C(O)CCC(NC(=O)NC(CCCCNC(=O)[C@H](Cc1ccc2ccccc2c1)NC(=O)c1ccc2c(c1)CN(C(=O)CN1CCN(CC(=O)O)CCN(CC(=O)O)CCN(CC(=O)O)CC1)CC2)C(=O)O)C(=O)O. The van der Waals surface area contributed by atoms with E-state index >= 15 is 0 Å². The Morgan fingerprint density at radius 3 is 1.59 bits per heavy atom. The molecule has 0 bridgehead atoms. The third-order valence-corrected chi connectivity index (χ3v) is 13.1. The van der Waals surface area contributed by atoms with Crippen LogP contribution < -0.4 is 21.3 Å². The minimum Gasteiger partial charge on any atom is -0.481 e. The summed E-state index contributed by atoms with van der Waals surface area (Å²) in [6, 6.07) is 13.3. The second-order valence-corrected chi connectivity index (χ2v) is 18.9. The van der Waals surface area contributed by atoms with Crippen LogP contribution in [-0.2, 0) is 57.7 Å². The molecule has 0 radical (unpaired) electrons. The first kappa shape index (κ1) is 59.1. The van der Waals surface area contributed by atoms with Crippen molar-refractivity contribution < 1.29 is 78.6 Å². The van der Waals surface area contributed by atoms with Crippen LogP contribution >= 0.6 is 0 Å². The minimum atomic E-state index is -1.56. The Morgan fingerprint density at radius 1 is 0.513 bits per heavy atom. The van der Waals surface area contributed by atoms with Crippen LogP contribution in [0.1, 0.15) is 59.2 Å². The molecule has 5 rings (SSSR count). The van der Waals surface area contributed by atoms with E-state index in [9.17, 15) is 73.5 Å². The molecule has 2 aliphatic heterocycles. The summed E-state index contributed by atoms with van der Waals surface area (Å²) in [6.45, 7) is 1.59. The summed E-state index contributed by atoms with van der Waals surface area (Å²) < 4.78 is 0. The minimum absolute atomic E-state index is 0.0607. The largest absolute Gasteiger partial charge is 0.481 e.